The maximum Gasteiger partial charge on any atom is 0.223 e. The lowest BCUT2D eigenvalue weighted by molar-refractivity contribution is 0.190. The summed E-state index contributed by atoms with van der Waals surface area (Å²) in [7, 11) is 0. The van der Waals surface area contributed by atoms with E-state index in [1.807, 2.05) is 16.4 Å². The molecule has 120 valence electrons. The number of aliphatic hydroxyl groups is 2. The summed E-state index contributed by atoms with van der Waals surface area (Å²) in [5.41, 5.74) is 0.554. The number of unbranched alkanes of at least 4 members (excludes halogenated alkanes) is 1. The molecular weight excluding hydrogens is 272 g/mol. The molecule has 0 aromatic carbocycles. The van der Waals surface area contributed by atoms with Gasteiger partial charge >= 0.3 is 0 Å². The first-order chi connectivity index (χ1) is 10.1. The molecule has 21 heavy (non-hydrogen) atoms. The highest BCUT2D eigenvalue weighted by molar-refractivity contribution is 5.30. The van der Waals surface area contributed by atoms with Crippen LogP contribution in [0, 0.1) is 0 Å². The van der Waals surface area contributed by atoms with Crippen LogP contribution in [0.1, 0.15) is 38.1 Å². The predicted octanol–water partition coefficient (Wildman–Crippen LogP) is 0.660. The van der Waals surface area contributed by atoms with Crippen molar-refractivity contribution in [3.8, 4) is 5.75 Å². The molecule has 0 bridgehead atoms. The Kier molecular flexibility index (Phi) is 7.42. The minimum absolute atomic E-state index is 0.0213. The van der Waals surface area contributed by atoms with Crippen LogP contribution in [0.2, 0.25) is 0 Å². The van der Waals surface area contributed by atoms with Gasteiger partial charge in [-0.15, -0.1) is 0 Å². The molecule has 0 saturated heterocycles. The Labute approximate surface area is 125 Å². The average Bonchev–Trinajstić information content (AvgIpc) is 2.49. The molecule has 0 radical (unpaired) electrons. The molecule has 0 aliphatic rings. The van der Waals surface area contributed by atoms with Crippen LogP contribution in [0.5, 0.6) is 5.75 Å². The number of hydrogen-bond acceptors (Lipinski definition) is 5. The normalized spacial score (nSPS) is 11.3. The van der Waals surface area contributed by atoms with Crippen LogP contribution < -0.4 is 5.43 Å². The van der Waals surface area contributed by atoms with E-state index >= 15 is 0 Å². The Morgan fingerprint density at radius 2 is 2.00 bits per heavy atom. The fourth-order valence-electron chi connectivity index (χ4n) is 2.33. The molecule has 1 heterocycles. The van der Waals surface area contributed by atoms with E-state index in [0.29, 0.717) is 37.6 Å². The second-order valence-electron chi connectivity index (χ2n) is 5.05. The van der Waals surface area contributed by atoms with Gasteiger partial charge in [0.05, 0.1) is 18.9 Å². The third kappa shape index (κ3) is 4.56. The summed E-state index contributed by atoms with van der Waals surface area (Å²) in [6.45, 7) is 5.99. The van der Waals surface area contributed by atoms with Gasteiger partial charge in [-0.3, -0.25) is 9.69 Å². The molecule has 0 aliphatic carbocycles. The number of nitrogens with zero attached hydrogens (tertiary/aromatic N) is 2. The SMILES string of the molecule is CCCCn1c(CO)cc(=O)c(O)c1CN(CC)CCO. The maximum absolute atomic E-state index is 11.8. The minimum atomic E-state index is -0.471. The molecule has 0 saturated carbocycles. The van der Waals surface area contributed by atoms with Crippen molar-refractivity contribution in [3.63, 3.8) is 0 Å². The van der Waals surface area contributed by atoms with Crippen molar-refractivity contribution < 1.29 is 15.3 Å². The summed E-state index contributed by atoms with van der Waals surface area (Å²) in [4.78, 5) is 13.8. The first-order valence-corrected chi connectivity index (χ1v) is 7.47. The molecule has 1 rings (SSSR count). The summed E-state index contributed by atoms with van der Waals surface area (Å²) in [6, 6.07) is 1.29. The van der Waals surface area contributed by atoms with E-state index in [-0.39, 0.29) is 19.0 Å². The number of aromatic hydroxyl groups is 1. The topological polar surface area (TPSA) is 85.9 Å². The molecule has 0 aliphatic heterocycles. The van der Waals surface area contributed by atoms with Crippen LogP contribution in [-0.2, 0) is 19.7 Å². The zero-order valence-electron chi connectivity index (χ0n) is 12.9. The Bertz CT molecular complexity index is 499. The number of aromatic nitrogens is 1. The molecule has 6 heteroatoms. The van der Waals surface area contributed by atoms with Gasteiger partial charge in [-0.05, 0) is 13.0 Å². The second kappa shape index (κ2) is 8.81. The number of likely N-dealkylation sites (N-methyl/N-ethyl adjacent to an activating group) is 1. The third-order valence-electron chi connectivity index (χ3n) is 3.61. The van der Waals surface area contributed by atoms with Gasteiger partial charge in [0.1, 0.15) is 0 Å². The standard InChI is InChI=1S/C15H26N2O4/c1-3-5-6-17-12(11-19)9-14(20)15(21)13(17)10-16(4-2)7-8-18/h9,18-19,21H,3-8,10-11H2,1-2H3. The molecule has 1 aromatic heterocycles. The van der Waals surface area contributed by atoms with Crippen molar-refractivity contribution >= 4 is 0 Å². The number of aliphatic hydroxyl groups excluding tert-OH is 2. The highest BCUT2D eigenvalue weighted by atomic mass is 16.3. The lowest BCUT2D eigenvalue weighted by Crippen LogP contribution is -2.30. The van der Waals surface area contributed by atoms with Gasteiger partial charge in [0.25, 0.3) is 0 Å². The Hall–Kier alpha value is -1.37. The van der Waals surface area contributed by atoms with Crippen LogP contribution in [0.4, 0.5) is 0 Å². The number of hydrogen-bond donors (Lipinski definition) is 3. The van der Waals surface area contributed by atoms with Crippen LogP contribution in [0.25, 0.3) is 0 Å². The van der Waals surface area contributed by atoms with Crippen molar-refractivity contribution in [2.75, 3.05) is 19.7 Å². The summed E-state index contributed by atoms with van der Waals surface area (Å²) in [5, 5.41) is 28.6. The first kappa shape index (κ1) is 17.7. The average molecular weight is 298 g/mol. The van der Waals surface area contributed by atoms with Gasteiger partial charge in [-0.1, -0.05) is 20.3 Å². The predicted molar refractivity (Wildman–Crippen MR) is 81.2 cm³/mol. The Morgan fingerprint density at radius 1 is 1.29 bits per heavy atom. The van der Waals surface area contributed by atoms with Crippen molar-refractivity contribution in [1.29, 1.82) is 0 Å². The van der Waals surface area contributed by atoms with Crippen molar-refractivity contribution in [2.45, 2.75) is 46.4 Å². The van der Waals surface area contributed by atoms with Gasteiger partial charge in [-0.2, -0.15) is 0 Å². The summed E-state index contributed by atoms with van der Waals surface area (Å²) >= 11 is 0. The van der Waals surface area contributed by atoms with Crippen molar-refractivity contribution in [2.24, 2.45) is 0 Å². The van der Waals surface area contributed by atoms with Crippen LogP contribution >= 0.6 is 0 Å². The summed E-state index contributed by atoms with van der Waals surface area (Å²) < 4.78 is 1.82. The smallest absolute Gasteiger partial charge is 0.223 e. The largest absolute Gasteiger partial charge is 0.503 e. The van der Waals surface area contributed by atoms with Gasteiger partial charge < -0.3 is 19.9 Å². The molecule has 0 amide bonds. The molecule has 3 N–H and O–H groups in total. The van der Waals surface area contributed by atoms with E-state index in [9.17, 15) is 15.0 Å². The van der Waals surface area contributed by atoms with Crippen molar-refractivity contribution in [1.82, 2.24) is 9.47 Å². The van der Waals surface area contributed by atoms with E-state index in [2.05, 4.69) is 6.92 Å². The zero-order valence-corrected chi connectivity index (χ0v) is 12.9. The van der Waals surface area contributed by atoms with E-state index < -0.39 is 5.43 Å². The van der Waals surface area contributed by atoms with Crippen molar-refractivity contribution in [3.05, 3.63) is 27.7 Å². The van der Waals surface area contributed by atoms with Crippen LogP contribution in [-0.4, -0.2) is 44.5 Å². The number of rotatable bonds is 9. The zero-order chi connectivity index (χ0) is 15.8. The monoisotopic (exact) mass is 298 g/mol. The highest BCUT2D eigenvalue weighted by Gasteiger charge is 2.16. The molecular formula is C15H26N2O4. The van der Waals surface area contributed by atoms with Gasteiger partial charge in [0.2, 0.25) is 5.43 Å². The lowest BCUT2D eigenvalue weighted by atomic mass is 10.2. The maximum atomic E-state index is 11.8. The summed E-state index contributed by atoms with van der Waals surface area (Å²) in [6.07, 6.45) is 1.87. The number of pyridine rings is 1. The Morgan fingerprint density at radius 3 is 2.52 bits per heavy atom. The van der Waals surface area contributed by atoms with E-state index in [1.165, 1.54) is 6.07 Å². The third-order valence-corrected chi connectivity index (χ3v) is 3.61. The molecule has 0 fully saturated rings. The lowest BCUT2D eigenvalue weighted by Gasteiger charge is -2.24. The van der Waals surface area contributed by atoms with Gasteiger partial charge in [-0.25, -0.2) is 0 Å². The molecule has 0 unspecified atom stereocenters. The molecule has 6 nitrogen and oxygen atoms in total. The van der Waals surface area contributed by atoms with E-state index in [1.54, 1.807) is 0 Å². The minimum Gasteiger partial charge on any atom is -0.503 e. The van der Waals surface area contributed by atoms with E-state index in [0.717, 1.165) is 12.8 Å². The fraction of sp³-hybridized carbons (Fsp3) is 0.667. The van der Waals surface area contributed by atoms with Crippen LogP contribution in [0.3, 0.4) is 0 Å². The van der Waals surface area contributed by atoms with Gasteiger partial charge in [0.15, 0.2) is 5.75 Å². The highest BCUT2D eigenvalue weighted by Crippen LogP contribution is 2.18. The molecule has 0 atom stereocenters. The quantitative estimate of drug-likeness (QED) is 0.623. The molecule has 1 aromatic rings. The summed E-state index contributed by atoms with van der Waals surface area (Å²) in [5.74, 6) is -0.264. The molecule has 0 spiro atoms. The first-order valence-electron chi connectivity index (χ1n) is 7.47. The second-order valence-corrected chi connectivity index (χ2v) is 5.05. The van der Waals surface area contributed by atoms with Crippen LogP contribution in [0.15, 0.2) is 10.9 Å². The Balaban J connectivity index is 3.23. The van der Waals surface area contributed by atoms with E-state index in [4.69, 9.17) is 5.11 Å². The fourth-order valence-corrected chi connectivity index (χ4v) is 2.33. The van der Waals surface area contributed by atoms with Gasteiger partial charge in [0, 0.05) is 31.4 Å².